The summed E-state index contributed by atoms with van der Waals surface area (Å²) in [5.74, 6) is 0.864. The van der Waals surface area contributed by atoms with Crippen LogP contribution in [0.5, 0.6) is 5.75 Å². The summed E-state index contributed by atoms with van der Waals surface area (Å²) in [6.07, 6.45) is -1.67. The first-order valence-electron chi connectivity index (χ1n) is 12.2. The molecule has 0 spiro atoms. The van der Waals surface area contributed by atoms with Crippen LogP contribution < -0.4 is 20.7 Å². The van der Waals surface area contributed by atoms with Crippen molar-refractivity contribution in [1.29, 1.82) is 0 Å². The summed E-state index contributed by atoms with van der Waals surface area (Å²) in [6, 6.07) is 14.6. The Morgan fingerprint density at radius 3 is 2.63 bits per heavy atom. The number of nitrogens with zero attached hydrogens (tertiary/aromatic N) is 3. The number of ether oxygens (including phenoxy) is 1. The van der Waals surface area contributed by atoms with Crippen LogP contribution >= 0.6 is 0 Å². The summed E-state index contributed by atoms with van der Waals surface area (Å²) >= 11 is 0. The molecule has 0 aliphatic heterocycles. The fourth-order valence-electron chi connectivity index (χ4n) is 4.15. The van der Waals surface area contributed by atoms with Gasteiger partial charge in [-0.3, -0.25) is 4.79 Å². The van der Waals surface area contributed by atoms with Gasteiger partial charge in [0.15, 0.2) is 11.5 Å². The zero-order valence-corrected chi connectivity index (χ0v) is 20.9. The molecular weight excluding hydrogens is 497 g/mol. The van der Waals surface area contributed by atoms with Gasteiger partial charge < -0.3 is 20.7 Å². The maximum atomic E-state index is 12.8. The number of halogens is 3. The second-order valence-corrected chi connectivity index (χ2v) is 9.22. The van der Waals surface area contributed by atoms with Crippen LogP contribution in [0, 0.1) is 6.92 Å². The molecule has 0 unspecified atom stereocenters. The number of anilines is 3. The number of para-hydroxylation sites is 2. The standard InChI is InChI=1S/C27H27F3N6O2/c1-16-13-17(7-10-19(16)26(37)33-18-8-9-18)22-15-32-25-21(31-12-11-27(28,29)30)14-24(35-36(22)25)34-20-5-3-4-6-23(20)38-2/h3-7,10,13-15,18,31H,8-9,11-12H2,1-2H3,(H,33,37)(H,34,35). The maximum Gasteiger partial charge on any atom is 0.390 e. The van der Waals surface area contributed by atoms with Gasteiger partial charge >= 0.3 is 6.18 Å². The van der Waals surface area contributed by atoms with Crippen molar-refractivity contribution >= 4 is 28.7 Å². The Bertz CT molecular complexity index is 1480. The first-order chi connectivity index (χ1) is 18.2. The number of fused-ring (bicyclic) bond motifs is 1. The smallest absolute Gasteiger partial charge is 0.390 e. The molecular formula is C27H27F3N6O2. The van der Waals surface area contributed by atoms with E-state index in [1.807, 2.05) is 37.3 Å². The molecule has 3 N–H and O–H groups in total. The van der Waals surface area contributed by atoms with Gasteiger partial charge in [-0.25, -0.2) is 9.50 Å². The second-order valence-electron chi connectivity index (χ2n) is 9.22. The quantitative estimate of drug-likeness (QED) is 0.260. The SMILES string of the molecule is COc1ccccc1Nc1cc(NCCC(F)(F)F)c2ncc(-c3ccc(C(=O)NC4CC4)c(C)c3)n2n1. The van der Waals surface area contributed by atoms with E-state index in [4.69, 9.17) is 4.74 Å². The van der Waals surface area contributed by atoms with E-state index < -0.39 is 12.6 Å². The summed E-state index contributed by atoms with van der Waals surface area (Å²) in [5.41, 5.74) is 4.19. The molecule has 1 aliphatic carbocycles. The predicted octanol–water partition coefficient (Wildman–Crippen LogP) is 5.71. The lowest BCUT2D eigenvalue weighted by molar-refractivity contribution is -0.131. The van der Waals surface area contributed by atoms with Gasteiger partial charge in [0, 0.05) is 29.8 Å². The molecule has 38 heavy (non-hydrogen) atoms. The van der Waals surface area contributed by atoms with Crippen LogP contribution in [-0.4, -0.2) is 46.4 Å². The topological polar surface area (TPSA) is 92.6 Å². The number of aryl methyl sites for hydroxylation is 1. The number of amides is 1. The van der Waals surface area contributed by atoms with Gasteiger partial charge in [-0.1, -0.05) is 18.2 Å². The van der Waals surface area contributed by atoms with Crippen molar-refractivity contribution in [3.8, 4) is 17.0 Å². The van der Waals surface area contributed by atoms with Crippen molar-refractivity contribution in [2.45, 2.75) is 38.4 Å². The molecule has 2 aromatic carbocycles. The highest BCUT2D eigenvalue weighted by Crippen LogP contribution is 2.31. The van der Waals surface area contributed by atoms with Crippen molar-refractivity contribution in [2.24, 2.45) is 0 Å². The highest BCUT2D eigenvalue weighted by molar-refractivity contribution is 5.96. The minimum absolute atomic E-state index is 0.104. The van der Waals surface area contributed by atoms with Crippen LogP contribution in [0.25, 0.3) is 16.9 Å². The number of methoxy groups -OCH3 is 1. The van der Waals surface area contributed by atoms with Gasteiger partial charge in [0.25, 0.3) is 5.91 Å². The number of carbonyl (C=O) groups is 1. The number of aromatic nitrogens is 3. The predicted molar refractivity (Wildman–Crippen MR) is 139 cm³/mol. The summed E-state index contributed by atoms with van der Waals surface area (Å²) in [7, 11) is 1.55. The zero-order chi connectivity index (χ0) is 26.9. The van der Waals surface area contributed by atoms with Gasteiger partial charge in [-0.15, -0.1) is 5.10 Å². The molecule has 1 fully saturated rings. The Labute approximate surface area is 217 Å². The Morgan fingerprint density at radius 2 is 1.92 bits per heavy atom. The lowest BCUT2D eigenvalue weighted by Crippen LogP contribution is -2.26. The number of alkyl halides is 3. The molecule has 1 amide bonds. The van der Waals surface area contributed by atoms with Gasteiger partial charge in [0.05, 0.1) is 36.8 Å². The van der Waals surface area contributed by atoms with Crippen LogP contribution in [0.2, 0.25) is 0 Å². The number of hydrogen-bond acceptors (Lipinski definition) is 6. The number of carbonyl (C=O) groups excluding carboxylic acids is 1. The molecule has 1 saturated carbocycles. The van der Waals surface area contributed by atoms with Crippen LogP contribution in [0.4, 0.5) is 30.4 Å². The van der Waals surface area contributed by atoms with E-state index in [-0.39, 0.29) is 18.5 Å². The molecule has 2 heterocycles. The minimum atomic E-state index is -4.29. The second kappa shape index (κ2) is 10.2. The van der Waals surface area contributed by atoms with E-state index in [0.717, 1.165) is 24.0 Å². The average Bonchev–Trinajstić information content (AvgIpc) is 3.58. The average molecular weight is 525 g/mol. The van der Waals surface area contributed by atoms with Crippen molar-refractivity contribution in [1.82, 2.24) is 19.9 Å². The Balaban J connectivity index is 1.52. The Hall–Kier alpha value is -4.28. The molecule has 11 heteroatoms. The third-order valence-corrected chi connectivity index (χ3v) is 6.24. The summed E-state index contributed by atoms with van der Waals surface area (Å²) < 4.78 is 45.4. The summed E-state index contributed by atoms with van der Waals surface area (Å²) in [6.45, 7) is 1.55. The maximum absolute atomic E-state index is 12.8. The van der Waals surface area contributed by atoms with Gasteiger partial charge in [-0.2, -0.15) is 13.2 Å². The van der Waals surface area contributed by atoms with Crippen molar-refractivity contribution in [2.75, 3.05) is 24.3 Å². The Kier molecular flexibility index (Phi) is 6.83. The van der Waals surface area contributed by atoms with Gasteiger partial charge in [0.1, 0.15) is 5.75 Å². The number of benzene rings is 2. The lowest BCUT2D eigenvalue weighted by Gasteiger charge is -2.14. The zero-order valence-electron chi connectivity index (χ0n) is 20.9. The number of imidazole rings is 1. The highest BCUT2D eigenvalue weighted by atomic mass is 19.4. The van der Waals surface area contributed by atoms with Gasteiger partial charge in [-0.05, 0) is 49.6 Å². The molecule has 0 radical (unpaired) electrons. The van der Waals surface area contributed by atoms with Crippen molar-refractivity contribution in [3.05, 3.63) is 65.9 Å². The number of hydrogen-bond donors (Lipinski definition) is 3. The first kappa shape index (κ1) is 25.4. The van der Waals surface area contributed by atoms with Crippen LogP contribution in [0.15, 0.2) is 54.7 Å². The molecule has 2 aromatic heterocycles. The van der Waals surface area contributed by atoms with Crippen LogP contribution in [0.1, 0.15) is 35.2 Å². The highest BCUT2D eigenvalue weighted by Gasteiger charge is 2.27. The normalized spacial score (nSPS) is 13.4. The summed E-state index contributed by atoms with van der Waals surface area (Å²) in [5, 5.41) is 13.7. The lowest BCUT2D eigenvalue weighted by atomic mass is 10.0. The van der Waals surface area contributed by atoms with E-state index in [1.165, 1.54) is 0 Å². The molecule has 4 aromatic rings. The third-order valence-electron chi connectivity index (χ3n) is 6.24. The van der Waals surface area contributed by atoms with E-state index in [1.54, 1.807) is 36.0 Å². The molecule has 0 atom stereocenters. The third kappa shape index (κ3) is 5.66. The monoisotopic (exact) mass is 524 g/mol. The van der Waals surface area contributed by atoms with E-state index in [2.05, 4.69) is 26.0 Å². The number of nitrogens with one attached hydrogen (secondary N) is 3. The van der Waals surface area contributed by atoms with Crippen LogP contribution in [0.3, 0.4) is 0 Å². The van der Waals surface area contributed by atoms with Gasteiger partial charge in [0.2, 0.25) is 0 Å². The number of rotatable bonds is 9. The molecule has 0 saturated heterocycles. The van der Waals surface area contributed by atoms with E-state index >= 15 is 0 Å². The first-order valence-corrected chi connectivity index (χ1v) is 12.2. The Morgan fingerprint density at radius 1 is 1.13 bits per heavy atom. The largest absolute Gasteiger partial charge is 0.495 e. The minimum Gasteiger partial charge on any atom is -0.495 e. The fourth-order valence-corrected chi connectivity index (χ4v) is 4.15. The van der Waals surface area contributed by atoms with Crippen molar-refractivity contribution in [3.63, 3.8) is 0 Å². The molecule has 1 aliphatic rings. The summed E-state index contributed by atoms with van der Waals surface area (Å²) in [4.78, 5) is 17.0. The molecule has 5 rings (SSSR count). The molecule has 8 nitrogen and oxygen atoms in total. The van der Waals surface area contributed by atoms with E-state index in [9.17, 15) is 18.0 Å². The molecule has 0 bridgehead atoms. The molecule has 198 valence electrons. The van der Waals surface area contributed by atoms with Crippen LogP contribution in [-0.2, 0) is 0 Å². The van der Waals surface area contributed by atoms with Crippen molar-refractivity contribution < 1.29 is 22.7 Å². The van der Waals surface area contributed by atoms with E-state index in [0.29, 0.717) is 39.8 Å². The fraction of sp³-hybridized carbons (Fsp3) is 0.296.